The first-order valence-electron chi connectivity index (χ1n) is 6.15. The molecule has 110 valence electrons. The first-order valence-corrected chi connectivity index (χ1v) is 7.32. The van der Waals surface area contributed by atoms with Crippen molar-refractivity contribution in [1.82, 2.24) is 5.32 Å². The van der Waals surface area contributed by atoms with Crippen LogP contribution < -0.4 is 5.32 Å². The number of hydrogen-bond acceptors (Lipinski definition) is 2. The van der Waals surface area contributed by atoms with Gasteiger partial charge in [-0.3, -0.25) is 9.59 Å². The summed E-state index contributed by atoms with van der Waals surface area (Å²) in [5, 5.41) is 12.1. The Bertz CT molecular complexity index is 533. The zero-order valence-electron chi connectivity index (χ0n) is 11.5. The summed E-state index contributed by atoms with van der Waals surface area (Å²) < 4.78 is 0.733. The summed E-state index contributed by atoms with van der Waals surface area (Å²) in [4.78, 5) is 23.3. The number of carboxylic acid groups (broad SMARTS) is 1. The van der Waals surface area contributed by atoms with Gasteiger partial charge in [-0.05, 0) is 31.0 Å². The van der Waals surface area contributed by atoms with Crippen molar-refractivity contribution in [2.45, 2.75) is 32.7 Å². The van der Waals surface area contributed by atoms with Gasteiger partial charge in [-0.25, -0.2) is 0 Å². The second-order valence-corrected chi connectivity index (χ2v) is 6.54. The molecular formula is C14H17BrClNO3. The highest BCUT2D eigenvalue weighted by Crippen LogP contribution is 2.25. The molecule has 1 rings (SSSR count). The summed E-state index contributed by atoms with van der Waals surface area (Å²) in [6.07, 6.45) is -0.151. The smallest absolute Gasteiger partial charge is 0.305 e. The molecule has 0 radical (unpaired) electrons. The number of amides is 1. The van der Waals surface area contributed by atoms with Crippen LogP contribution in [0.3, 0.4) is 0 Å². The SMILES string of the molecule is CC(C)C(C)(CC(=O)O)NC(=O)c1cc(Br)ccc1Cl. The highest BCUT2D eigenvalue weighted by Gasteiger charge is 2.33. The molecule has 0 aliphatic heterocycles. The molecule has 0 aliphatic rings. The lowest BCUT2D eigenvalue weighted by Crippen LogP contribution is -2.51. The van der Waals surface area contributed by atoms with E-state index in [9.17, 15) is 9.59 Å². The lowest BCUT2D eigenvalue weighted by molar-refractivity contribution is -0.138. The third-order valence-corrected chi connectivity index (χ3v) is 4.19. The molecule has 20 heavy (non-hydrogen) atoms. The number of aliphatic carboxylic acids is 1. The Labute approximate surface area is 131 Å². The van der Waals surface area contributed by atoms with Gasteiger partial charge in [0.05, 0.1) is 22.5 Å². The van der Waals surface area contributed by atoms with Gasteiger partial charge in [-0.1, -0.05) is 41.4 Å². The fourth-order valence-electron chi connectivity index (χ4n) is 1.70. The van der Waals surface area contributed by atoms with E-state index in [-0.39, 0.29) is 18.2 Å². The van der Waals surface area contributed by atoms with Crippen molar-refractivity contribution in [2.24, 2.45) is 5.92 Å². The second kappa shape index (κ2) is 6.59. The van der Waals surface area contributed by atoms with E-state index in [1.165, 1.54) is 0 Å². The minimum Gasteiger partial charge on any atom is -0.481 e. The average molecular weight is 363 g/mol. The Morgan fingerprint density at radius 2 is 2.05 bits per heavy atom. The first-order chi connectivity index (χ1) is 9.15. The number of carbonyl (C=O) groups excluding carboxylic acids is 1. The monoisotopic (exact) mass is 361 g/mol. The number of rotatable bonds is 5. The molecule has 1 unspecified atom stereocenters. The Morgan fingerprint density at radius 1 is 1.45 bits per heavy atom. The van der Waals surface area contributed by atoms with Crippen molar-refractivity contribution in [2.75, 3.05) is 0 Å². The van der Waals surface area contributed by atoms with Crippen LogP contribution in [0.2, 0.25) is 5.02 Å². The van der Waals surface area contributed by atoms with E-state index >= 15 is 0 Å². The van der Waals surface area contributed by atoms with Gasteiger partial charge in [0.2, 0.25) is 0 Å². The molecular weight excluding hydrogens is 346 g/mol. The summed E-state index contributed by atoms with van der Waals surface area (Å²) >= 11 is 9.29. The fraction of sp³-hybridized carbons (Fsp3) is 0.429. The minimum absolute atomic E-state index is 0.0338. The van der Waals surface area contributed by atoms with E-state index in [0.29, 0.717) is 10.6 Å². The van der Waals surface area contributed by atoms with Gasteiger partial charge in [0.1, 0.15) is 0 Å². The van der Waals surface area contributed by atoms with Crippen LogP contribution in [0.1, 0.15) is 37.6 Å². The van der Waals surface area contributed by atoms with Crippen LogP contribution in [0.5, 0.6) is 0 Å². The summed E-state index contributed by atoms with van der Waals surface area (Å²) in [5.74, 6) is -1.37. The van der Waals surface area contributed by atoms with Crippen LogP contribution in [0, 0.1) is 5.92 Å². The van der Waals surface area contributed by atoms with E-state index in [4.69, 9.17) is 16.7 Å². The average Bonchev–Trinajstić information content (AvgIpc) is 2.30. The maximum Gasteiger partial charge on any atom is 0.305 e. The third kappa shape index (κ3) is 4.21. The fourth-order valence-corrected chi connectivity index (χ4v) is 2.27. The van der Waals surface area contributed by atoms with E-state index in [2.05, 4.69) is 21.2 Å². The molecule has 0 saturated carbocycles. The minimum atomic E-state index is -0.957. The Kier molecular flexibility index (Phi) is 5.59. The molecule has 6 heteroatoms. The molecule has 4 nitrogen and oxygen atoms in total. The molecule has 2 N–H and O–H groups in total. The van der Waals surface area contributed by atoms with E-state index in [0.717, 1.165) is 4.47 Å². The van der Waals surface area contributed by atoms with Crippen molar-refractivity contribution in [1.29, 1.82) is 0 Å². The zero-order chi connectivity index (χ0) is 15.5. The van der Waals surface area contributed by atoms with E-state index < -0.39 is 11.5 Å². The summed E-state index contributed by atoms with van der Waals surface area (Å²) in [6, 6.07) is 4.96. The van der Waals surface area contributed by atoms with Gasteiger partial charge >= 0.3 is 5.97 Å². The lowest BCUT2D eigenvalue weighted by Gasteiger charge is -2.33. The van der Waals surface area contributed by atoms with Crippen LogP contribution >= 0.6 is 27.5 Å². The van der Waals surface area contributed by atoms with Crippen molar-refractivity contribution in [3.63, 3.8) is 0 Å². The number of nitrogens with one attached hydrogen (secondary N) is 1. The Balaban J connectivity index is 3.02. The summed E-state index contributed by atoms with van der Waals surface area (Å²) in [7, 11) is 0. The second-order valence-electron chi connectivity index (χ2n) is 5.22. The maximum atomic E-state index is 12.3. The standard InChI is InChI=1S/C14H17BrClNO3/c1-8(2)14(3,7-12(18)19)17-13(20)10-6-9(15)4-5-11(10)16/h4-6,8H,7H2,1-3H3,(H,17,20)(H,18,19). The van der Waals surface area contributed by atoms with Crippen LogP contribution in [-0.4, -0.2) is 22.5 Å². The van der Waals surface area contributed by atoms with Gasteiger partial charge < -0.3 is 10.4 Å². The number of carbonyl (C=O) groups is 2. The molecule has 0 fully saturated rings. The van der Waals surface area contributed by atoms with Crippen molar-refractivity contribution in [3.8, 4) is 0 Å². The highest BCUT2D eigenvalue weighted by molar-refractivity contribution is 9.10. The van der Waals surface area contributed by atoms with Crippen LogP contribution in [0.15, 0.2) is 22.7 Å². The van der Waals surface area contributed by atoms with Gasteiger partial charge in [-0.15, -0.1) is 0 Å². The number of hydrogen-bond donors (Lipinski definition) is 2. The predicted molar refractivity (Wildman–Crippen MR) is 82.1 cm³/mol. The van der Waals surface area contributed by atoms with Crippen LogP contribution in [0.25, 0.3) is 0 Å². The van der Waals surface area contributed by atoms with Gasteiger partial charge in [-0.2, -0.15) is 0 Å². The Hall–Kier alpha value is -1.07. The van der Waals surface area contributed by atoms with Gasteiger partial charge in [0, 0.05) is 4.47 Å². The molecule has 0 aromatic heterocycles. The zero-order valence-corrected chi connectivity index (χ0v) is 13.9. The maximum absolute atomic E-state index is 12.3. The van der Waals surface area contributed by atoms with Gasteiger partial charge in [0.15, 0.2) is 0 Å². The number of carboxylic acids is 1. The van der Waals surface area contributed by atoms with Crippen molar-refractivity contribution < 1.29 is 14.7 Å². The largest absolute Gasteiger partial charge is 0.481 e. The molecule has 1 aromatic rings. The predicted octanol–water partition coefficient (Wildman–Crippen LogP) is 3.72. The van der Waals surface area contributed by atoms with Crippen LogP contribution in [-0.2, 0) is 4.79 Å². The van der Waals surface area contributed by atoms with E-state index in [1.807, 2.05) is 13.8 Å². The molecule has 0 spiro atoms. The molecule has 0 saturated heterocycles. The summed E-state index contributed by atoms with van der Waals surface area (Å²) in [6.45, 7) is 5.45. The molecule has 1 atom stereocenters. The lowest BCUT2D eigenvalue weighted by atomic mass is 9.85. The molecule has 1 aromatic carbocycles. The molecule has 0 aliphatic carbocycles. The third-order valence-electron chi connectivity index (χ3n) is 3.36. The molecule has 0 heterocycles. The topological polar surface area (TPSA) is 66.4 Å². The van der Waals surface area contributed by atoms with Crippen molar-refractivity contribution in [3.05, 3.63) is 33.3 Å². The summed E-state index contributed by atoms with van der Waals surface area (Å²) in [5.41, 5.74) is -0.521. The molecule has 1 amide bonds. The van der Waals surface area contributed by atoms with E-state index in [1.54, 1.807) is 25.1 Å². The van der Waals surface area contributed by atoms with Gasteiger partial charge in [0.25, 0.3) is 5.91 Å². The molecule has 0 bridgehead atoms. The normalized spacial score (nSPS) is 13.9. The Morgan fingerprint density at radius 3 is 2.55 bits per heavy atom. The number of benzene rings is 1. The number of halogens is 2. The quantitative estimate of drug-likeness (QED) is 0.839. The van der Waals surface area contributed by atoms with Crippen LogP contribution in [0.4, 0.5) is 0 Å². The highest BCUT2D eigenvalue weighted by atomic mass is 79.9. The first kappa shape index (κ1) is 17.0. The van der Waals surface area contributed by atoms with Crippen molar-refractivity contribution >= 4 is 39.4 Å².